The molecule has 48 heavy (non-hydrogen) atoms. The van der Waals surface area contributed by atoms with Gasteiger partial charge in [-0.1, -0.05) is 54.6 Å². The number of nitrogens with zero attached hydrogens (tertiary/aromatic N) is 1. The highest BCUT2D eigenvalue weighted by Crippen LogP contribution is 2.35. The molecule has 0 amide bonds. The van der Waals surface area contributed by atoms with Crippen LogP contribution in [0.4, 0.5) is 0 Å². The molecule has 14 nitrogen and oxygen atoms in total. The van der Waals surface area contributed by atoms with Crippen LogP contribution >= 0.6 is 12.2 Å². The molecule has 2 fully saturated rings. The van der Waals surface area contributed by atoms with Gasteiger partial charge in [0.25, 0.3) is 0 Å². The zero-order chi connectivity index (χ0) is 34.4. The lowest BCUT2D eigenvalue weighted by molar-refractivity contribution is -0.270. The summed E-state index contributed by atoms with van der Waals surface area (Å²) in [6.07, 6.45) is -12.4. The summed E-state index contributed by atoms with van der Waals surface area (Å²) in [5, 5.41) is 55.3. The van der Waals surface area contributed by atoms with Crippen molar-refractivity contribution < 1.29 is 58.9 Å². The Kier molecular flexibility index (Phi) is 11.0. The first-order valence-corrected chi connectivity index (χ1v) is 15.3. The van der Waals surface area contributed by atoms with Gasteiger partial charge in [0, 0.05) is 0 Å². The van der Waals surface area contributed by atoms with Gasteiger partial charge in [0.2, 0.25) is 0 Å². The van der Waals surface area contributed by atoms with Crippen LogP contribution in [0.3, 0.4) is 0 Å². The molecule has 254 valence electrons. The maximum absolute atomic E-state index is 13.5. The van der Waals surface area contributed by atoms with Crippen molar-refractivity contribution in [1.29, 1.82) is 0 Å². The molecule has 2 aliphatic rings. The number of esters is 3. The Hall–Kier alpha value is -4.48. The number of hydrogen-bond acceptors (Lipinski definition) is 13. The third kappa shape index (κ3) is 7.32. The lowest BCUT2D eigenvalue weighted by Crippen LogP contribution is -2.70. The van der Waals surface area contributed by atoms with Crippen molar-refractivity contribution in [1.82, 2.24) is 10.2 Å². The number of β-amino-alcohol motifs (C(OH)–C–C–N with tert-alkyl or cyclic N) is 1. The highest BCUT2D eigenvalue weighted by Gasteiger charge is 2.60. The smallest absolute Gasteiger partial charge is 0.338 e. The summed E-state index contributed by atoms with van der Waals surface area (Å²) < 4.78 is 23.6. The molecular weight excluding hydrogens is 648 g/mol. The summed E-state index contributed by atoms with van der Waals surface area (Å²) in [5.41, 5.74) is -2.15. The van der Waals surface area contributed by atoms with Gasteiger partial charge in [0.15, 0.2) is 35.4 Å². The first-order valence-electron chi connectivity index (χ1n) is 14.9. The minimum Gasteiger partial charge on any atom is -0.452 e. The van der Waals surface area contributed by atoms with Gasteiger partial charge in [-0.3, -0.25) is 4.90 Å². The van der Waals surface area contributed by atoms with Crippen LogP contribution in [0.5, 0.6) is 0 Å². The van der Waals surface area contributed by atoms with Crippen LogP contribution in [-0.4, -0.2) is 122 Å². The molecule has 0 bridgehead atoms. The van der Waals surface area contributed by atoms with E-state index in [0.29, 0.717) is 0 Å². The molecule has 0 aliphatic carbocycles. The van der Waals surface area contributed by atoms with Crippen molar-refractivity contribution in [3.8, 4) is 0 Å². The largest absolute Gasteiger partial charge is 0.452 e. The molecule has 3 aromatic carbocycles. The van der Waals surface area contributed by atoms with Gasteiger partial charge in [0.05, 0.1) is 36.4 Å². The Morgan fingerprint density at radius 2 is 1.27 bits per heavy atom. The maximum atomic E-state index is 13.5. The highest BCUT2D eigenvalue weighted by molar-refractivity contribution is 7.80. The van der Waals surface area contributed by atoms with Crippen LogP contribution in [0, 0.1) is 0 Å². The van der Waals surface area contributed by atoms with E-state index in [0.717, 1.165) is 4.90 Å². The van der Waals surface area contributed by atoms with E-state index in [4.69, 9.17) is 31.2 Å². The van der Waals surface area contributed by atoms with Crippen LogP contribution < -0.4 is 5.32 Å². The third-order valence-corrected chi connectivity index (χ3v) is 8.29. The fourth-order valence-corrected chi connectivity index (χ4v) is 5.72. The van der Waals surface area contributed by atoms with E-state index in [2.05, 4.69) is 5.32 Å². The van der Waals surface area contributed by atoms with E-state index in [-0.39, 0.29) is 21.8 Å². The Labute approximate surface area is 280 Å². The number of carbonyl (C=O) groups excluding carboxylic acids is 3. The first-order chi connectivity index (χ1) is 23.0. The molecular formula is C33H34N2O12S. The van der Waals surface area contributed by atoms with Gasteiger partial charge >= 0.3 is 17.9 Å². The molecule has 0 unspecified atom stereocenters. The molecule has 6 N–H and O–H groups in total. The molecule has 2 heterocycles. The molecule has 0 radical (unpaired) electrons. The molecule has 3 aromatic rings. The molecule has 0 saturated carbocycles. The Balaban J connectivity index is 1.57. The summed E-state index contributed by atoms with van der Waals surface area (Å²) in [7, 11) is 0. The molecule has 8 atom stereocenters. The minimum absolute atomic E-state index is 0.0895. The summed E-state index contributed by atoms with van der Waals surface area (Å²) in [6.45, 7) is -1.94. The summed E-state index contributed by atoms with van der Waals surface area (Å²) >= 11 is 5.43. The second-order valence-electron chi connectivity index (χ2n) is 11.1. The summed E-state index contributed by atoms with van der Waals surface area (Å²) in [5.74, 6) is -2.59. The molecule has 2 aliphatic heterocycles. The number of hydrogen-bond donors (Lipinski definition) is 6. The number of thiocarbonyl (C=S) groups is 1. The standard InChI is InChI=1S/C33H34N2O12S/c36-16-22(37)24(38)27(39)33(43)18-34-32(48)35(33)28-26(47-31(42)21-14-8-3-9-15-21)25(46-30(41)20-12-6-2-7-13-20)23(17-44-28)45-29(40)19-10-4-1-5-11-19/h1-15,22-28,36-39,43H,16-18H2,(H,34,48)/t22-,23-,24-,25-,26-,27+,28-,33-/m1/s1. The zero-order valence-electron chi connectivity index (χ0n) is 25.3. The van der Waals surface area contributed by atoms with Gasteiger partial charge in [-0.15, -0.1) is 0 Å². The van der Waals surface area contributed by atoms with Crippen molar-refractivity contribution in [2.75, 3.05) is 19.8 Å². The van der Waals surface area contributed by atoms with Crippen LogP contribution in [0.2, 0.25) is 0 Å². The summed E-state index contributed by atoms with van der Waals surface area (Å²) in [4.78, 5) is 41.1. The van der Waals surface area contributed by atoms with Gasteiger partial charge in [-0.05, 0) is 48.6 Å². The van der Waals surface area contributed by atoms with Crippen molar-refractivity contribution in [3.63, 3.8) is 0 Å². The Morgan fingerprint density at radius 1 is 0.812 bits per heavy atom. The fraction of sp³-hybridized carbons (Fsp3) is 0.333. The number of ether oxygens (including phenoxy) is 4. The van der Waals surface area contributed by atoms with Crippen LogP contribution in [0.15, 0.2) is 91.0 Å². The maximum Gasteiger partial charge on any atom is 0.338 e. The fourth-order valence-electron chi connectivity index (χ4n) is 5.39. The number of rotatable bonds is 11. The third-order valence-electron chi connectivity index (χ3n) is 7.94. The van der Waals surface area contributed by atoms with Crippen LogP contribution in [0.1, 0.15) is 31.1 Å². The quantitative estimate of drug-likeness (QED) is 0.0893. The summed E-state index contributed by atoms with van der Waals surface area (Å²) in [6, 6.07) is 23.6. The molecule has 0 spiro atoms. The average Bonchev–Trinajstić information content (AvgIpc) is 3.43. The van der Waals surface area contributed by atoms with Crippen molar-refractivity contribution in [3.05, 3.63) is 108 Å². The van der Waals surface area contributed by atoms with E-state index in [1.54, 1.807) is 54.6 Å². The van der Waals surface area contributed by atoms with Gasteiger partial charge in [-0.2, -0.15) is 0 Å². The second-order valence-corrected chi connectivity index (χ2v) is 11.5. The predicted octanol–water partition coefficient (Wildman–Crippen LogP) is -0.0268. The van der Waals surface area contributed by atoms with Gasteiger partial charge in [0.1, 0.15) is 18.3 Å². The van der Waals surface area contributed by atoms with Gasteiger partial charge in [-0.25, -0.2) is 14.4 Å². The van der Waals surface area contributed by atoms with Crippen LogP contribution in [0.25, 0.3) is 0 Å². The first kappa shape index (κ1) is 34.8. The number of benzene rings is 3. The molecule has 0 aromatic heterocycles. The number of aliphatic hydroxyl groups excluding tert-OH is 4. The van der Waals surface area contributed by atoms with E-state index < -0.39 is 86.2 Å². The van der Waals surface area contributed by atoms with Crippen molar-refractivity contribution >= 4 is 35.2 Å². The Morgan fingerprint density at radius 3 is 1.75 bits per heavy atom. The predicted molar refractivity (Wildman–Crippen MR) is 169 cm³/mol. The van der Waals surface area contributed by atoms with Crippen molar-refractivity contribution in [2.45, 2.75) is 48.6 Å². The lowest BCUT2D eigenvalue weighted by Gasteiger charge is -2.48. The highest BCUT2D eigenvalue weighted by atomic mass is 32.1. The van der Waals surface area contributed by atoms with E-state index >= 15 is 0 Å². The number of nitrogens with one attached hydrogen (secondary N) is 1. The normalized spacial score (nSPS) is 25.7. The number of carbonyl (C=O) groups is 3. The topological polar surface area (TPSA) is 205 Å². The monoisotopic (exact) mass is 682 g/mol. The van der Waals surface area contributed by atoms with Crippen molar-refractivity contribution in [2.24, 2.45) is 0 Å². The molecule has 2 saturated heterocycles. The second kappa shape index (κ2) is 15.2. The van der Waals surface area contributed by atoms with Crippen LogP contribution in [-0.2, 0) is 18.9 Å². The minimum atomic E-state index is -2.53. The zero-order valence-corrected chi connectivity index (χ0v) is 26.1. The lowest BCUT2D eigenvalue weighted by atomic mass is 9.94. The number of aliphatic hydroxyl groups is 5. The molecule has 5 rings (SSSR count). The average molecular weight is 683 g/mol. The SMILES string of the molecule is O=C(O[C@@H]1[C@H](OC(=O)c2ccccc2)[C@H](OC(=O)c2ccccc2)CO[C@H]1N1C(=S)NC[C@@]1(O)[C@@H](O)[C@H](O)[C@H](O)CO)c1ccccc1. The molecule has 15 heteroatoms. The van der Waals surface area contributed by atoms with Gasteiger partial charge < -0.3 is 49.8 Å². The van der Waals surface area contributed by atoms with E-state index in [1.165, 1.54) is 36.4 Å². The Bertz CT molecular complexity index is 1580. The van der Waals surface area contributed by atoms with E-state index in [1.807, 2.05) is 0 Å². The van der Waals surface area contributed by atoms with E-state index in [9.17, 15) is 39.9 Å².